The number of hydrogen-bond acceptors (Lipinski definition) is 3. The van der Waals surface area contributed by atoms with Gasteiger partial charge in [-0.3, -0.25) is 0 Å². The molecular formula is C15H17N3O2. The molecule has 0 radical (unpaired) electrons. The SMILES string of the molecule is CC(N[C@@H](C)c1ccco1)c1ccc2[nH]c(=O)[nH]c2c1. The minimum Gasteiger partial charge on any atom is -0.468 e. The Labute approximate surface area is 116 Å². The summed E-state index contributed by atoms with van der Waals surface area (Å²) in [5.74, 6) is 0.910. The van der Waals surface area contributed by atoms with Crippen LogP contribution in [0.5, 0.6) is 0 Å². The van der Waals surface area contributed by atoms with Crippen molar-refractivity contribution < 1.29 is 4.42 Å². The molecule has 2 atom stereocenters. The van der Waals surface area contributed by atoms with Gasteiger partial charge in [0.15, 0.2) is 0 Å². The largest absolute Gasteiger partial charge is 0.468 e. The van der Waals surface area contributed by atoms with Gasteiger partial charge in [0, 0.05) is 6.04 Å². The fraction of sp³-hybridized carbons (Fsp3) is 0.267. The maximum atomic E-state index is 11.3. The van der Waals surface area contributed by atoms with Crippen LogP contribution >= 0.6 is 0 Å². The van der Waals surface area contributed by atoms with Gasteiger partial charge in [0.2, 0.25) is 0 Å². The molecule has 2 aromatic heterocycles. The molecule has 0 saturated heterocycles. The molecule has 20 heavy (non-hydrogen) atoms. The lowest BCUT2D eigenvalue weighted by atomic mass is 10.1. The third kappa shape index (κ3) is 2.40. The lowest BCUT2D eigenvalue weighted by molar-refractivity contribution is 0.403. The summed E-state index contributed by atoms with van der Waals surface area (Å²) in [6, 6.07) is 10.0. The first-order chi connectivity index (χ1) is 9.63. The van der Waals surface area contributed by atoms with Crippen LogP contribution in [0.15, 0.2) is 45.8 Å². The molecule has 0 spiro atoms. The van der Waals surface area contributed by atoms with Gasteiger partial charge in [-0.2, -0.15) is 0 Å². The number of hydrogen-bond donors (Lipinski definition) is 3. The highest BCUT2D eigenvalue weighted by molar-refractivity contribution is 5.75. The maximum absolute atomic E-state index is 11.3. The van der Waals surface area contributed by atoms with Crippen LogP contribution in [-0.4, -0.2) is 9.97 Å². The van der Waals surface area contributed by atoms with Gasteiger partial charge < -0.3 is 19.7 Å². The van der Waals surface area contributed by atoms with E-state index in [2.05, 4.69) is 29.1 Å². The normalized spacial score (nSPS) is 14.5. The standard InChI is InChI=1S/C15H17N3O2/c1-9(16-10(2)14-4-3-7-20-14)11-5-6-12-13(8-11)18-15(19)17-12/h3-10,16H,1-2H3,(H2,17,18,19)/t9?,10-/m0/s1. The van der Waals surface area contributed by atoms with Crippen molar-refractivity contribution in [1.29, 1.82) is 0 Å². The molecule has 0 aliphatic carbocycles. The van der Waals surface area contributed by atoms with Crippen molar-refractivity contribution in [3.8, 4) is 0 Å². The fourth-order valence-corrected chi connectivity index (χ4v) is 2.41. The van der Waals surface area contributed by atoms with E-state index in [1.807, 2.05) is 30.3 Å². The lowest BCUT2D eigenvalue weighted by Crippen LogP contribution is -2.22. The monoisotopic (exact) mass is 271 g/mol. The summed E-state index contributed by atoms with van der Waals surface area (Å²) in [5.41, 5.74) is 2.59. The number of rotatable bonds is 4. The van der Waals surface area contributed by atoms with Gasteiger partial charge >= 0.3 is 5.69 Å². The fourth-order valence-electron chi connectivity index (χ4n) is 2.41. The highest BCUT2D eigenvalue weighted by atomic mass is 16.3. The number of imidazole rings is 1. The molecule has 0 aliphatic rings. The lowest BCUT2D eigenvalue weighted by Gasteiger charge is -2.19. The number of fused-ring (bicyclic) bond motifs is 1. The molecule has 3 aromatic rings. The average Bonchev–Trinajstić information content (AvgIpc) is 3.05. The van der Waals surface area contributed by atoms with Crippen LogP contribution in [0.3, 0.4) is 0 Å². The van der Waals surface area contributed by atoms with Gasteiger partial charge in [-0.1, -0.05) is 6.07 Å². The van der Waals surface area contributed by atoms with Crippen molar-refractivity contribution in [3.63, 3.8) is 0 Å². The van der Waals surface area contributed by atoms with Crippen LogP contribution in [0.4, 0.5) is 0 Å². The Kier molecular flexibility index (Phi) is 3.20. The van der Waals surface area contributed by atoms with E-state index in [0.717, 1.165) is 22.4 Å². The van der Waals surface area contributed by atoms with Gasteiger partial charge in [0.25, 0.3) is 0 Å². The van der Waals surface area contributed by atoms with Crippen molar-refractivity contribution in [2.75, 3.05) is 0 Å². The summed E-state index contributed by atoms with van der Waals surface area (Å²) in [5, 5.41) is 3.47. The number of furan rings is 1. The molecule has 0 aliphatic heterocycles. The Bertz CT molecular complexity index is 755. The molecule has 5 nitrogen and oxygen atoms in total. The van der Waals surface area contributed by atoms with E-state index < -0.39 is 0 Å². The van der Waals surface area contributed by atoms with Crippen LogP contribution < -0.4 is 11.0 Å². The van der Waals surface area contributed by atoms with Crippen LogP contribution in [0.25, 0.3) is 11.0 Å². The van der Waals surface area contributed by atoms with Crippen molar-refractivity contribution >= 4 is 11.0 Å². The minimum absolute atomic E-state index is 0.126. The minimum atomic E-state index is -0.179. The summed E-state index contributed by atoms with van der Waals surface area (Å²) in [7, 11) is 0. The van der Waals surface area contributed by atoms with Gasteiger partial charge in [-0.15, -0.1) is 0 Å². The smallest absolute Gasteiger partial charge is 0.323 e. The zero-order valence-corrected chi connectivity index (χ0v) is 11.4. The van der Waals surface area contributed by atoms with Crippen LogP contribution in [0.1, 0.15) is 37.3 Å². The molecule has 2 heterocycles. The summed E-state index contributed by atoms with van der Waals surface area (Å²) < 4.78 is 5.39. The molecule has 0 fully saturated rings. The number of H-pyrrole nitrogens is 2. The van der Waals surface area contributed by atoms with E-state index >= 15 is 0 Å². The quantitative estimate of drug-likeness (QED) is 0.683. The molecular weight excluding hydrogens is 254 g/mol. The first-order valence-electron chi connectivity index (χ1n) is 6.65. The van der Waals surface area contributed by atoms with Crippen LogP contribution in [-0.2, 0) is 0 Å². The molecule has 5 heteroatoms. The van der Waals surface area contributed by atoms with Crippen molar-refractivity contribution in [2.24, 2.45) is 0 Å². The zero-order valence-electron chi connectivity index (χ0n) is 11.4. The average molecular weight is 271 g/mol. The second-order valence-electron chi connectivity index (χ2n) is 5.01. The van der Waals surface area contributed by atoms with E-state index in [9.17, 15) is 4.79 Å². The molecule has 0 saturated carbocycles. The summed E-state index contributed by atoms with van der Waals surface area (Å²) in [6.45, 7) is 4.15. The number of benzene rings is 1. The highest BCUT2D eigenvalue weighted by Crippen LogP contribution is 2.21. The molecule has 0 amide bonds. The zero-order chi connectivity index (χ0) is 14.1. The van der Waals surface area contributed by atoms with Gasteiger partial charge in [0.1, 0.15) is 5.76 Å². The third-order valence-corrected chi connectivity index (χ3v) is 3.51. The Morgan fingerprint density at radius 2 is 1.90 bits per heavy atom. The molecule has 3 rings (SSSR count). The van der Waals surface area contributed by atoms with Gasteiger partial charge in [-0.05, 0) is 43.7 Å². The Morgan fingerprint density at radius 1 is 1.10 bits per heavy atom. The summed E-state index contributed by atoms with van der Waals surface area (Å²) in [4.78, 5) is 16.8. The van der Waals surface area contributed by atoms with E-state index in [1.165, 1.54) is 0 Å². The Morgan fingerprint density at radius 3 is 2.65 bits per heavy atom. The molecule has 0 bridgehead atoms. The molecule has 104 valence electrons. The van der Waals surface area contributed by atoms with Gasteiger partial charge in [-0.25, -0.2) is 4.79 Å². The van der Waals surface area contributed by atoms with E-state index in [4.69, 9.17) is 4.42 Å². The number of aromatic nitrogens is 2. The van der Waals surface area contributed by atoms with Crippen molar-refractivity contribution in [1.82, 2.24) is 15.3 Å². The summed E-state index contributed by atoms with van der Waals surface area (Å²) >= 11 is 0. The van der Waals surface area contributed by atoms with E-state index in [0.29, 0.717) is 0 Å². The first kappa shape index (κ1) is 12.7. The van der Waals surface area contributed by atoms with Crippen LogP contribution in [0.2, 0.25) is 0 Å². The molecule has 1 unspecified atom stereocenters. The predicted molar refractivity (Wildman–Crippen MR) is 77.6 cm³/mol. The predicted octanol–water partition coefficient (Wildman–Crippen LogP) is 2.86. The maximum Gasteiger partial charge on any atom is 0.323 e. The van der Waals surface area contributed by atoms with Gasteiger partial charge in [0.05, 0.1) is 23.3 Å². The molecule has 1 aromatic carbocycles. The third-order valence-electron chi connectivity index (χ3n) is 3.51. The topological polar surface area (TPSA) is 73.8 Å². The van der Waals surface area contributed by atoms with Crippen molar-refractivity contribution in [3.05, 3.63) is 58.4 Å². The second-order valence-corrected chi connectivity index (χ2v) is 5.01. The highest BCUT2D eigenvalue weighted by Gasteiger charge is 2.13. The first-order valence-corrected chi connectivity index (χ1v) is 6.65. The van der Waals surface area contributed by atoms with Crippen LogP contribution in [0, 0.1) is 0 Å². The van der Waals surface area contributed by atoms with E-state index in [-0.39, 0.29) is 17.8 Å². The number of nitrogens with one attached hydrogen (secondary N) is 3. The molecule has 3 N–H and O–H groups in total. The number of aromatic amines is 2. The van der Waals surface area contributed by atoms with E-state index in [1.54, 1.807) is 6.26 Å². The summed E-state index contributed by atoms with van der Waals surface area (Å²) in [6.07, 6.45) is 1.68. The van der Waals surface area contributed by atoms with Crippen molar-refractivity contribution in [2.45, 2.75) is 25.9 Å². The Hall–Kier alpha value is -2.27. The Balaban J connectivity index is 1.81. The second kappa shape index (κ2) is 5.02.